The molecule has 14 heavy (non-hydrogen) atoms. The normalized spacial score (nSPS) is 11.9. The third-order valence-corrected chi connectivity index (χ3v) is 3.60. The Labute approximate surface area is 91.1 Å². The molecule has 2 aromatic rings. The second-order valence-electron chi connectivity index (χ2n) is 2.34. The molecule has 4 nitrogen and oxygen atoms in total. The highest BCUT2D eigenvalue weighted by molar-refractivity contribution is 7.66. The van der Waals surface area contributed by atoms with E-state index >= 15 is 0 Å². The Balaban J connectivity index is 2.60. The molecule has 0 spiro atoms. The van der Waals surface area contributed by atoms with Gasteiger partial charge in [-0.3, -0.25) is 4.79 Å². The maximum absolute atomic E-state index is 11.3. The summed E-state index contributed by atoms with van der Waals surface area (Å²) in [6.45, 7) is 0. The number of nitrogens with one attached hydrogen (secondary N) is 1. The van der Waals surface area contributed by atoms with Gasteiger partial charge in [-0.2, -0.15) is 4.37 Å². The van der Waals surface area contributed by atoms with Crippen LogP contribution < -0.4 is 10.2 Å². The first-order valence-corrected chi connectivity index (χ1v) is 6.10. The average Bonchev–Trinajstić information content (AvgIpc) is 2.56. The van der Waals surface area contributed by atoms with Crippen molar-refractivity contribution >= 4 is 38.2 Å². The van der Waals surface area contributed by atoms with Crippen LogP contribution in [0.3, 0.4) is 0 Å². The summed E-state index contributed by atoms with van der Waals surface area (Å²) in [5.41, 5.74) is 0.104. The molecule has 0 fully saturated rings. The maximum Gasteiger partial charge on any atom is 0.273 e. The number of hydrogen-bond acceptors (Lipinski definition) is 5. The van der Waals surface area contributed by atoms with Gasteiger partial charge in [0.15, 0.2) is 9.82 Å². The topological polar surface area (TPSA) is 58.1 Å². The zero-order valence-corrected chi connectivity index (χ0v) is 9.12. The number of halogens is 1. The summed E-state index contributed by atoms with van der Waals surface area (Å²) in [7, 11) is 2.58. The van der Waals surface area contributed by atoms with Crippen LogP contribution in [-0.4, -0.2) is 9.36 Å². The van der Waals surface area contributed by atoms with E-state index in [-0.39, 0.29) is 5.56 Å². The second kappa shape index (κ2) is 4.04. The van der Waals surface area contributed by atoms with Gasteiger partial charge in [0.05, 0.1) is 0 Å². The van der Waals surface area contributed by atoms with Gasteiger partial charge in [-0.15, -0.1) is 0 Å². The summed E-state index contributed by atoms with van der Waals surface area (Å²) in [5.74, 6) is 0. The number of H-pyrrole nitrogens is 1. The molecule has 0 aliphatic rings. The smallest absolute Gasteiger partial charge is 0.273 e. The number of hydrogen-bond donors (Lipinski definition) is 1. The van der Waals surface area contributed by atoms with Crippen molar-refractivity contribution in [2.75, 3.05) is 0 Å². The van der Waals surface area contributed by atoms with Gasteiger partial charge < -0.3 is 4.98 Å². The Hall–Kier alpha value is -0.980. The molecule has 0 saturated heterocycles. The van der Waals surface area contributed by atoms with Crippen LogP contribution in [0.15, 0.2) is 28.1 Å². The van der Waals surface area contributed by atoms with Crippen LogP contribution in [0.2, 0.25) is 5.15 Å². The molecule has 2 aromatic heterocycles. The van der Waals surface area contributed by atoms with Crippen LogP contribution in [0.1, 0.15) is 0 Å². The van der Waals surface area contributed by atoms with Crippen molar-refractivity contribution in [3.8, 4) is 0 Å². The monoisotopic (exact) mass is 245 g/mol. The van der Waals surface area contributed by atoms with E-state index < -0.39 is 0 Å². The maximum atomic E-state index is 11.3. The van der Waals surface area contributed by atoms with E-state index in [0.29, 0.717) is 15.5 Å². The van der Waals surface area contributed by atoms with Crippen molar-refractivity contribution < 1.29 is 0 Å². The lowest BCUT2D eigenvalue weighted by Crippen LogP contribution is -2.05. The number of aromatic nitrogens is 2. The molecular weight excluding hydrogens is 242 g/mol. The summed E-state index contributed by atoms with van der Waals surface area (Å²) in [5, 5.41) is 0.336. The van der Waals surface area contributed by atoms with Gasteiger partial charge in [0.2, 0.25) is 0 Å². The van der Waals surface area contributed by atoms with Gasteiger partial charge in [-0.25, -0.2) is 4.99 Å². The third kappa shape index (κ3) is 1.92. The van der Waals surface area contributed by atoms with Crippen molar-refractivity contribution in [1.29, 1.82) is 0 Å². The molecule has 7 heteroatoms. The molecule has 0 aliphatic heterocycles. The van der Waals surface area contributed by atoms with Gasteiger partial charge in [0, 0.05) is 16.7 Å². The minimum atomic E-state index is -0.234. The summed E-state index contributed by atoms with van der Waals surface area (Å²) in [6.07, 6.45) is 1.55. The molecule has 0 amide bonds. The van der Waals surface area contributed by atoms with Gasteiger partial charge in [-0.05, 0) is 22.5 Å². The van der Waals surface area contributed by atoms with Crippen LogP contribution >= 0.6 is 32.5 Å². The Morgan fingerprint density at radius 2 is 2.43 bits per heavy atom. The van der Waals surface area contributed by atoms with E-state index in [1.165, 1.54) is 20.9 Å². The minimum Gasteiger partial charge on any atom is -0.327 e. The van der Waals surface area contributed by atoms with E-state index in [1.54, 1.807) is 18.3 Å². The molecule has 2 rings (SSSR count). The minimum absolute atomic E-state index is 0.234. The summed E-state index contributed by atoms with van der Waals surface area (Å²) >= 11 is 5.75. The highest BCUT2D eigenvalue weighted by Gasteiger charge is 1.99. The average molecular weight is 246 g/mol. The van der Waals surface area contributed by atoms with Crippen molar-refractivity contribution in [2.24, 2.45) is 4.99 Å². The van der Waals surface area contributed by atoms with Crippen LogP contribution in [-0.2, 0) is 0 Å². The molecule has 0 unspecified atom stereocenters. The zero-order valence-electron chi connectivity index (χ0n) is 6.73. The fourth-order valence-corrected chi connectivity index (χ4v) is 2.82. The number of rotatable bonds is 1. The lowest BCUT2D eigenvalue weighted by molar-refractivity contribution is 1.20. The van der Waals surface area contributed by atoms with Crippen LogP contribution in [0.5, 0.6) is 0 Å². The Kier molecular flexibility index (Phi) is 2.76. The molecule has 0 radical (unpaired) electrons. The van der Waals surface area contributed by atoms with E-state index in [4.69, 9.17) is 11.6 Å². The lowest BCUT2D eigenvalue weighted by atomic mass is 10.4. The summed E-state index contributed by atoms with van der Waals surface area (Å²) < 4.78 is 4.43. The Bertz CT molecular complexity index is 556. The molecular formula is C7H4ClN3OS2. The van der Waals surface area contributed by atoms with Crippen molar-refractivity contribution in [3.05, 3.63) is 38.5 Å². The van der Waals surface area contributed by atoms with Gasteiger partial charge in [0.25, 0.3) is 5.56 Å². The first-order chi connectivity index (χ1) is 6.77. The van der Waals surface area contributed by atoms with E-state index in [1.807, 2.05) is 0 Å². The van der Waals surface area contributed by atoms with Gasteiger partial charge >= 0.3 is 0 Å². The van der Waals surface area contributed by atoms with Crippen LogP contribution in [0, 0.1) is 0 Å². The molecule has 0 atom stereocenters. The first kappa shape index (κ1) is 9.57. The molecule has 0 aliphatic carbocycles. The fraction of sp³-hybridized carbons (Fsp3) is 0. The number of pyridine rings is 1. The highest BCUT2D eigenvalue weighted by Crippen LogP contribution is 2.08. The van der Waals surface area contributed by atoms with E-state index in [2.05, 4.69) is 14.3 Å². The Morgan fingerprint density at radius 3 is 3.07 bits per heavy atom. The SMILES string of the molecule is O=c1[nH]cccc1N=c1ssnc1Cl. The van der Waals surface area contributed by atoms with E-state index in [9.17, 15) is 4.79 Å². The second-order valence-corrected chi connectivity index (χ2v) is 4.53. The van der Waals surface area contributed by atoms with Gasteiger partial charge in [-0.1, -0.05) is 11.6 Å². The first-order valence-electron chi connectivity index (χ1n) is 3.61. The number of aromatic amines is 1. The highest BCUT2D eigenvalue weighted by atomic mass is 35.5. The molecule has 2 heterocycles. The van der Waals surface area contributed by atoms with E-state index in [0.717, 1.165) is 0 Å². The molecule has 72 valence electrons. The van der Waals surface area contributed by atoms with Gasteiger partial charge in [0.1, 0.15) is 5.69 Å². The Morgan fingerprint density at radius 1 is 1.57 bits per heavy atom. The van der Waals surface area contributed by atoms with Crippen LogP contribution in [0.4, 0.5) is 5.69 Å². The van der Waals surface area contributed by atoms with Crippen molar-refractivity contribution in [1.82, 2.24) is 9.36 Å². The summed E-state index contributed by atoms with van der Waals surface area (Å²) in [4.78, 5) is 17.9. The van der Waals surface area contributed by atoms with Crippen molar-refractivity contribution in [3.63, 3.8) is 0 Å². The largest absolute Gasteiger partial charge is 0.327 e. The predicted molar refractivity (Wildman–Crippen MR) is 57.3 cm³/mol. The van der Waals surface area contributed by atoms with Crippen LogP contribution in [0.25, 0.3) is 0 Å². The molecule has 0 aromatic carbocycles. The quantitative estimate of drug-likeness (QED) is 0.779. The lowest BCUT2D eigenvalue weighted by Gasteiger charge is -1.87. The molecule has 0 bridgehead atoms. The summed E-state index contributed by atoms with van der Waals surface area (Å²) in [6, 6.07) is 3.33. The van der Waals surface area contributed by atoms with Crippen molar-refractivity contribution in [2.45, 2.75) is 0 Å². The standard InChI is InChI=1S/C7H4ClN3OS2/c8-5-7(13-14-11-5)10-4-2-1-3-9-6(4)12/h1-3H,(H,9,12). The third-order valence-electron chi connectivity index (χ3n) is 1.43. The predicted octanol–water partition coefficient (Wildman–Crippen LogP) is 1.78. The fourth-order valence-electron chi connectivity index (χ4n) is 0.835. The molecule has 0 saturated carbocycles. The zero-order chi connectivity index (χ0) is 9.97. The number of nitrogens with zero attached hydrogens (tertiary/aromatic N) is 2. The molecule has 1 N–H and O–H groups in total.